The van der Waals surface area contributed by atoms with E-state index in [0.29, 0.717) is 35.0 Å². The zero-order chi connectivity index (χ0) is 21.4. The second-order valence-electron chi connectivity index (χ2n) is 7.10. The molecule has 0 aliphatic carbocycles. The molecule has 0 radical (unpaired) electrons. The highest BCUT2D eigenvalue weighted by Gasteiger charge is 2.20. The van der Waals surface area contributed by atoms with Gasteiger partial charge in [-0.05, 0) is 48.9 Å². The average molecular weight is 413 g/mol. The fourth-order valence-corrected chi connectivity index (χ4v) is 3.55. The zero-order valence-electron chi connectivity index (χ0n) is 17.0. The van der Waals surface area contributed by atoms with Gasteiger partial charge in [-0.15, -0.1) is 0 Å². The Morgan fingerprint density at radius 3 is 2.87 bits per heavy atom. The molecule has 154 valence electrons. The minimum Gasteiger partial charge on any atom is -0.463 e. The number of aryl methyl sites for hydroxylation is 2. The first-order chi connectivity index (χ1) is 15.1. The molecule has 9 heteroatoms. The second-order valence-corrected chi connectivity index (χ2v) is 7.10. The third kappa shape index (κ3) is 3.46. The molecule has 0 atom stereocenters. The van der Waals surface area contributed by atoms with Crippen molar-refractivity contribution in [1.82, 2.24) is 34.8 Å². The molecule has 5 rings (SSSR count). The van der Waals surface area contributed by atoms with E-state index in [4.69, 9.17) is 4.42 Å². The lowest BCUT2D eigenvalue weighted by Gasteiger charge is -2.09. The average Bonchev–Trinajstić information content (AvgIpc) is 3.54. The molecule has 1 N–H and O–H groups in total. The van der Waals surface area contributed by atoms with Gasteiger partial charge in [-0.2, -0.15) is 10.2 Å². The fraction of sp³-hybridized carbons (Fsp3) is 0.136. The highest BCUT2D eigenvalue weighted by atomic mass is 16.3. The number of carbonyl (C=O) groups excluding carboxylic acids is 1. The lowest BCUT2D eigenvalue weighted by Crippen LogP contribution is -2.23. The van der Waals surface area contributed by atoms with Gasteiger partial charge in [0, 0.05) is 32.2 Å². The zero-order valence-corrected chi connectivity index (χ0v) is 17.0. The van der Waals surface area contributed by atoms with Crippen molar-refractivity contribution in [1.29, 1.82) is 0 Å². The quantitative estimate of drug-likeness (QED) is 0.475. The van der Waals surface area contributed by atoms with Gasteiger partial charge in [-0.25, -0.2) is 14.6 Å². The van der Waals surface area contributed by atoms with E-state index in [-0.39, 0.29) is 5.91 Å². The molecule has 0 aromatic carbocycles. The number of pyridine rings is 2. The molecule has 0 bridgehead atoms. The number of furan rings is 1. The Labute approximate surface area is 177 Å². The van der Waals surface area contributed by atoms with E-state index in [2.05, 4.69) is 25.5 Å². The maximum Gasteiger partial charge on any atom is 0.252 e. The number of hydrogen-bond donors (Lipinski definition) is 1. The topological polar surface area (TPSA) is 104 Å². The summed E-state index contributed by atoms with van der Waals surface area (Å²) >= 11 is 0. The number of fused-ring (bicyclic) bond motifs is 1. The van der Waals surface area contributed by atoms with Crippen molar-refractivity contribution >= 4 is 16.9 Å². The highest BCUT2D eigenvalue weighted by molar-refractivity contribution is 6.07. The maximum absolute atomic E-state index is 13.2. The summed E-state index contributed by atoms with van der Waals surface area (Å²) in [6.07, 6.45) is 6.79. The number of rotatable bonds is 5. The van der Waals surface area contributed by atoms with Crippen molar-refractivity contribution in [2.45, 2.75) is 13.5 Å². The van der Waals surface area contributed by atoms with Crippen molar-refractivity contribution in [3.8, 4) is 17.3 Å². The Kier molecular flexibility index (Phi) is 4.55. The van der Waals surface area contributed by atoms with Gasteiger partial charge in [-0.1, -0.05) is 0 Å². The van der Waals surface area contributed by atoms with Gasteiger partial charge in [-0.3, -0.25) is 9.48 Å². The van der Waals surface area contributed by atoms with Crippen LogP contribution in [0.15, 0.2) is 65.7 Å². The molecule has 9 nitrogen and oxygen atoms in total. The van der Waals surface area contributed by atoms with Crippen LogP contribution in [-0.4, -0.2) is 35.4 Å². The Hall–Kier alpha value is -4.27. The molecule has 5 aromatic rings. The normalized spacial score (nSPS) is 11.2. The van der Waals surface area contributed by atoms with Gasteiger partial charge in [0.2, 0.25) is 0 Å². The highest BCUT2D eigenvalue weighted by Crippen LogP contribution is 2.27. The summed E-state index contributed by atoms with van der Waals surface area (Å²) < 4.78 is 8.84. The Morgan fingerprint density at radius 2 is 2.10 bits per heavy atom. The Morgan fingerprint density at radius 1 is 1.19 bits per heavy atom. The van der Waals surface area contributed by atoms with Gasteiger partial charge in [0.15, 0.2) is 17.2 Å². The molecule has 0 fully saturated rings. The Balaban J connectivity index is 1.47. The summed E-state index contributed by atoms with van der Waals surface area (Å²) in [4.78, 5) is 22.2. The van der Waals surface area contributed by atoms with Crippen molar-refractivity contribution < 1.29 is 9.21 Å². The predicted molar refractivity (Wildman–Crippen MR) is 113 cm³/mol. The molecular weight excluding hydrogens is 394 g/mol. The number of hydrogen-bond acceptors (Lipinski definition) is 6. The minimum atomic E-state index is -0.214. The first-order valence-corrected chi connectivity index (χ1v) is 9.71. The fourth-order valence-electron chi connectivity index (χ4n) is 3.55. The van der Waals surface area contributed by atoms with E-state index >= 15 is 0 Å². The molecule has 0 aliphatic heterocycles. The van der Waals surface area contributed by atoms with Crippen LogP contribution in [0.5, 0.6) is 0 Å². The van der Waals surface area contributed by atoms with Gasteiger partial charge < -0.3 is 9.73 Å². The van der Waals surface area contributed by atoms with Crippen molar-refractivity contribution in [3.63, 3.8) is 0 Å². The molecule has 5 aromatic heterocycles. The van der Waals surface area contributed by atoms with E-state index in [1.54, 1.807) is 40.2 Å². The van der Waals surface area contributed by atoms with Crippen molar-refractivity contribution in [3.05, 3.63) is 78.1 Å². The van der Waals surface area contributed by atoms with Gasteiger partial charge in [0.05, 0.1) is 22.9 Å². The first kappa shape index (κ1) is 18.7. The van der Waals surface area contributed by atoms with Crippen LogP contribution in [0.2, 0.25) is 0 Å². The molecule has 0 spiro atoms. The lowest BCUT2D eigenvalue weighted by atomic mass is 10.1. The van der Waals surface area contributed by atoms with Crippen LogP contribution in [0.25, 0.3) is 28.3 Å². The van der Waals surface area contributed by atoms with E-state index in [0.717, 1.165) is 16.6 Å². The van der Waals surface area contributed by atoms with Crippen LogP contribution in [0.1, 0.15) is 21.6 Å². The molecule has 0 saturated carbocycles. The number of nitrogens with zero attached hydrogens (tertiary/aromatic N) is 6. The standard InChI is InChI=1S/C22H19N7O2/c1-14-20-16(12-17(18-5-3-10-31-18)26-21(20)28(2)27-14)22(30)24-13-15-6-8-23-19(11-15)29-9-4-7-25-29/h3-12H,13H2,1-2H3,(H,24,30). The molecular formula is C22H19N7O2. The third-order valence-corrected chi connectivity index (χ3v) is 4.99. The number of carbonyl (C=O) groups is 1. The molecule has 1 amide bonds. The second kappa shape index (κ2) is 7.52. The first-order valence-electron chi connectivity index (χ1n) is 9.71. The van der Waals surface area contributed by atoms with Crippen molar-refractivity contribution in [2.75, 3.05) is 0 Å². The van der Waals surface area contributed by atoms with Gasteiger partial charge >= 0.3 is 0 Å². The number of nitrogens with one attached hydrogen (secondary N) is 1. The summed E-state index contributed by atoms with van der Waals surface area (Å²) in [5.41, 5.74) is 3.36. The lowest BCUT2D eigenvalue weighted by molar-refractivity contribution is 0.0952. The molecule has 5 heterocycles. The van der Waals surface area contributed by atoms with E-state index in [1.807, 2.05) is 44.4 Å². The predicted octanol–water partition coefficient (Wildman–Crippen LogP) is 3.05. The monoisotopic (exact) mass is 413 g/mol. The van der Waals surface area contributed by atoms with Crippen LogP contribution < -0.4 is 5.32 Å². The van der Waals surface area contributed by atoms with Crippen molar-refractivity contribution in [2.24, 2.45) is 7.05 Å². The van der Waals surface area contributed by atoms with Crippen LogP contribution in [-0.2, 0) is 13.6 Å². The van der Waals surface area contributed by atoms with E-state index in [1.165, 1.54) is 0 Å². The van der Waals surface area contributed by atoms with E-state index in [9.17, 15) is 4.79 Å². The van der Waals surface area contributed by atoms with Crippen LogP contribution in [0, 0.1) is 6.92 Å². The summed E-state index contributed by atoms with van der Waals surface area (Å²) in [6, 6.07) is 10.9. The number of amides is 1. The van der Waals surface area contributed by atoms with Gasteiger partial charge in [0.25, 0.3) is 5.91 Å². The molecule has 0 aliphatic rings. The third-order valence-electron chi connectivity index (χ3n) is 4.99. The maximum atomic E-state index is 13.2. The molecule has 0 saturated heterocycles. The SMILES string of the molecule is Cc1nn(C)c2nc(-c3ccco3)cc(C(=O)NCc3ccnc(-n4cccn4)c3)c12. The largest absolute Gasteiger partial charge is 0.463 e. The molecule has 31 heavy (non-hydrogen) atoms. The van der Waals surface area contributed by atoms with Crippen LogP contribution in [0.4, 0.5) is 0 Å². The summed E-state index contributed by atoms with van der Waals surface area (Å²) in [5, 5.41) is 12.4. The van der Waals surface area contributed by atoms with E-state index < -0.39 is 0 Å². The smallest absolute Gasteiger partial charge is 0.252 e. The summed E-state index contributed by atoms with van der Waals surface area (Å²) in [5.74, 6) is 1.06. The van der Waals surface area contributed by atoms with Crippen LogP contribution >= 0.6 is 0 Å². The van der Waals surface area contributed by atoms with Crippen LogP contribution in [0.3, 0.4) is 0 Å². The minimum absolute atomic E-state index is 0.214. The summed E-state index contributed by atoms with van der Waals surface area (Å²) in [6.45, 7) is 2.21. The van der Waals surface area contributed by atoms with Gasteiger partial charge in [0.1, 0.15) is 5.69 Å². The number of aromatic nitrogens is 6. The summed E-state index contributed by atoms with van der Waals surface area (Å²) in [7, 11) is 1.81. The Bertz CT molecular complexity index is 1370. The molecule has 0 unspecified atom stereocenters.